The second-order valence-corrected chi connectivity index (χ2v) is 5.88. The SMILES string of the molecule is COCC1CCCN1c1nc2c(C(N)=O)[c]ccc2s1. The van der Waals surface area contributed by atoms with Crippen LogP contribution in [0.5, 0.6) is 0 Å². The van der Waals surface area contributed by atoms with E-state index in [2.05, 4.69) is 16.0 Å². The zero-order valence-corrected chi connectivity index (χ0v) is 12.1. The van der Waals surface area contributed by atoms with Crippen LogP contribution in [-0.4, -0.2) is 37.2 Å². The molecule has 1 aliphatic heterocycles. The molecule has 2 heterocycles. The lowest BCUT2D eigenvalue weighted by Crippen LogP contribution is -2.32. The zero-order valence-electron chi connectivity index (χ0n) is 11.3. The Balaban J connectivity index is 2.00. The van der Waals surface area contributed by atoms with Gasteiger partial charge in [-0.05, 0) is 25.0 Å². The summed E-state index contributed by atoms with van der Waals surface area (Å²) in [6.07, 6.45) is 2.25. The number of ether oxygens (including phenoxy) is 1. The molecule has 5 nitrogen and oxygen atoms in total. The summed E-state index contributed by atoms with van der Waals surface area (Å²) >= 11 is 1.59. The van der Waals surface area contributed by atoms with Crippen molar-refractivity contribution in [2.75, 3.05) is 25.2 Å². The van der Waals surface area contributed by atoms with Gasteiger partial charge >= 0.3 is 0 Å². The van der Waals surface area contributed by atoms with Gasteiger partial charge in [0.25, 0.3) is 5.91 Å². The molecule has 6 heteroatoms. The number of amides is 1. The minimum atomic E-state index is -0.484. The highest BCUT2D eigenvalue weighted by Gasteiger charge is 2.27. The number of carbonyl (C=O) groups excluding carboxylic acids is 1. The minimum Gasteiger partial charge on any atom is -0.383 e. The van der Waals surface area contributed by atoms with Gasteiger partial charge in [-0.1, -0.05) is 17.4 Å². The van der Waals surface area contributed by atoms with Crippen LogP contribution in [0.4, 0.5) is 5.13 Å². The number of fused-ring (bicyclic) bond motifs is 1. The summed E-state index contributed by atoms with van der Waals surface area (Å²) in [7, 11) is 1.72. The highest BCUT2D eigenvalue weighted by atomic mass is 32.1. The lowest BCUT2D eigenvalue weighted by molar-refractivity contribution is 0.100. The predicted octanol–water partition coefficient (Wildman–Crippen LogP) is 1.81. The maximum Gasteiger partial charge on any atom is 0.251 e. The van der Waals surface area contributed by atoms with Crippen LogP contribution in [0, 0.1) is 6.07 Å². The highest BCUT2D eigenvalue weighted by molar-refractivity contribution is 7.22. The number of benzene rings is 1. The van der Waals surface area contributed by atoms with Crippen molar-refractivity contribution in [2.24, 2.45) is 5.73 Å². The van der Waals surface area contributed by atoms with Gasteiger partial charge in [-0.2, -0.15) is 0 Å². The second kappa shape index (κ2) is 5.38. The van der Waals surface area contributed by atoms with Crippen molar-refractivity contribution in [3.05, 3.63) is 23.8 Å². The molecule has 1 aromatic carbocycles. The Morgan fingerprint density at radius 3 is 3.30 bits per heavy atom. The first-order valence-electron chi connectivity index (χ1n) is 6.57. The molecule has 2 N–H and O–H groups in total. The molecule has 1 aromatic heterocycles. The number of nitrogens with zero attached hydrogens (tertiary/aromatic N) is 2. The Labute approximate surface area is 121 Å². The summed E-state index contributed by atoms with van der Waals surface area (Å²) in [5.41, 5.74) is 6.40. The fourth-order valence-electron chi connectivity index (χ4n) is 2.65. The largest absolute Gasteiger partial charge is 0.383 e. The third-order valence-electron chi connectivity index (χ3n) is 3.57. The molecule has 1 atom stereocenters. The Kier molecular flexibility index (Phi) is 3.58. The van der Waals surface area contributed by atoms with Crippen LogP contribution in [0.15, 0.2) is 12.1 Å². The fourth-order valence-corrected chi connectivity index (χ4v) is 3.72. The zero-order chi connectivity index (χ0) is 14.1. The number of rotatable bonds is 4. The minimum absolute atomic E-state index is 0.363. The number of nitrogens with two attached hydrogens (primary N) is 1. The van der Waals surface area contributed by atoms with Crippen LogP contribution >= 0.6 is 11.3 Å². The highest BCUT2D eigenvalue weighted by Crippen LogP contribution is 2.34. The Morgan fingerprint density at radius 2 is 2.55 bits per heavy atom. The third-order valence-corrected chi connectivity index (χ3v) is 4.63. The topological polar surface area (TPSA) is 68.4 Å². The summed E-state index contributed by atoms with van der Waals surface area (Å²) in [4.78, 5) is 18.3. The van der Waals surface area contributed by atoms with Crippen molar-refractivity contribution >= 4 is 32.6 Å². The van der Waals surface area contributed by atoms with Gasteiger partial charge in [-0.15, -0.1) is 0 Å². The average Bonchev–Trinajstić information content (AvgIpc) is 3.03. The number of aromatic nitrogens is 1. The van der Waals surface area contributed by atoms with Crippen LogP contribution in [-0.2, 0) is 4.74 Å². The van der Waals surface area contributed by atoms with Crippen LogP contribution in [0.1, 0.15) is 23.2 Å². The molecule has 2 aromatic rings. The molecule has 0 bridgehead atoms. The van der Waals surface area contributed by atoms with Crippen molar-refractivity contribution in [3.8, 4) is 0 Å². The summed E-state index contributed by atoms with van der Waals surface area (Å²) in [5, 5.41) is 0.932. The lowest BCUT2D eigenvalue weighted by Gasteiger charge is -2.22. The van der Waals surface area contributed by atoms with Crippen molar-refractivity contribution < 1.29 is 9.53 Å². The van der Waals surface area contributed by atoms with E-state index in [-0.39, 0.29) is 0 Å². The molecule has 1 radical (unpaired) electrons. The van der Waals surface area contributed by atoms with Crippen LogP contribution in [0.3, 0.4) is 0 Å². The van der Waals surface area contributed by atoms with Gasteiger partial charge < -0.3 is 15.4 Å². The van der Waals surface area contributed by atoms with Crippen LogP contribution in [0.2, 0.25) is 0 Å². The van der Waals surface area contributed by atoms with Crippen molar-refractivity contribution in [3.63, 3.8) is 0 Å². The van der Waals surface area contributed by atoms with Gasteiger partial charge in [-0.3, -0.25) is 4.79 Å². The number of thiazole rings is 1. The van der Waals surface area contributed by atoms with Crippen molar-refractivity contribution in [1.82, 2.24) is 4.98 Å². The van der Waals surface area contributed by atoms with Gasteiger partial charge in [0, 0.05) is 13.7 Å². The standard InChI is InChI=1S/C14H16N3O2S/c1-19-8-9-4-3-7-17(9)14-16-12-10(13(15)18)5-2-6-11(12)20-14/h2,6,9H,3-4,7-8H2,1H3,(H2,15,18). The van der Waals surface area contributed by atoms with E-state index in [4.69, 9.17) is 10.5 Å². The number of hydrogen-bond donors (Lipinski definition) is 1. The first-order valence-corrected chi connectivity index (χ1v) is 7.39. The molecular weight excluding hydrogens is 274 g/mol. The molecular formula is C14H16N3O2S. The Hall–Kier alpha value is -1.66. The van der Waals surface area contributed by atoms with E-state index in [0.29, 0.717) is 23.7 Å². The van der Waals surface area contributed by atoms with E-state index in [1.54, 1.807) is 24.5 Å². The van der Waals surface area contributed by atoms with E-state index in [1.807, 2.05) is 6.07 Å². The average molecular weight is 290 g/mol. The molecule has 1 aliphatic rings. The monoisotopic (exact) mass is 290 g/mol. The van der Waals surface area contributed by atoms with Crippen molar-refractivity contribution in [2.45, 2.75) is 18.9 Å². The van der Waals surface area contributed by atoms with Gasteiger partial charge in [0.2, 0.25) is 0 Å². The molecule has 1 amide bonds. The number of methoxy groups -OCH3 is 1. The number of anilines is 1. The first-order chi connectivity index (χ1) is 9.70. The van der Waals surface area contributed by atoms with Gasteiger partial charge in [-0.25, -0.2) is 4.98 Å². The van der Waals surface area contributed by atoms with E-state index < -0.39 is 5.91 Å². The normalized spacial score (nSPS) is 18.9. The Bertz CT molecular complexity index is 640. The van der Waals surface area contributed by atoms with Crippen LogP contribution < -0.4 is 10.6 Å². The second-order valence-electron chi connectivity index (χ2n) is 4.87. The number of carbonyl (C=O) groups is 1. The summed E-state index contributed by atoms with van der Waals surface area (Å²) in [6, 6.07) is 6.88. The van der Waals surface area contributed by atoms with E-state index in [9.17, 15) is 4.79 Å². The number of primary amides is 1. The fraction of sp³-hybridized carbons (Fsp3) is 0.429. The summed E-state index contributed by atoms with van der Waals surface area (Å²) in [6.45, 7) is 1.67. The lowest BCUT2D eigenvalue weighted by atomic mass is 10.2. The Morgan fingerprint density at radius 1 is 1.70 bits per heavy atom. The van der Waals surface area contributed by atoms with Crippen molar-refractivity contribution in [1.29, 1.82) is 0 Å². The van der Waals surface area contributed by atoms with Crippen LogP contribution in [0.25, 0.3) is 10.2 Å². The van der Waals surface area contributed by atoms with E-state index in [1.165, 1.54) is 0 Å². The molecule has 0 spiro atoms. The molecule has 105 valence electrons. The molecule has 20 heavy (non-hydrogen) atoms. The van der Waals surface area contributed by atoms with E-state index >= 15 is 0 Å². The third kappa shape index (κ3) is 2.25. The smallest absolute Gasteiger partial charge is 0.251 e. The summed E-state index contributed by atoms with van der Waals surface area (Å²) in [5.74, 6) is -0.484. The molecule has 1 fully saturated rings. The maximum absolute atomic E-state index is 11.4. The molecule has 0 saturated carbocycles. The van der Waals surface area contributed by atoms with Gasteiger partial charge in [0.15, 0.2) is 5.13 Å². The first kappa shape index (κ1) is 13.3. The molecule has 1 unspecified atom stereocenters. The quantitative estimate of drug-likeness (QED) is 0.932. The van der Waals surface area contributed by atoms with Gasteiger partial charge in [0.05, 0.1) is 28.4 Å². The maximum atomic E-state index is 11.4. The number of hydrogen-bond acceptors (Lipinski definition) is 5. The molecule has 0 aliphatic carbocycles. The predicted molar refractivity (Wildman–Crippen MR) is 79.2 cm³/mol. The summed E-state index contributed by atoms with van der Waals surface area (Å²) < 4.78 is 6.24. The van der Waals surface area contributed by atoms with Gasteiger partial charge in [0.1, 0.15) is 0 Å². The molecule has 3 rings (SSSR count). The van der Waals surface area contributed by atoms with E-state index in [0.717, 1.165) is 29.2 Å². The molecule has 1 saturated heterocycles.